The fourth-order valence-corrected chi connectivity index (χ4v) is 4.75. The van der Waals surface area contributed by atoms with Crippen LogP contribution in [0.4, 0.5) is 10.8 Å². The number of nitrogens with zero attached hydrogens (tertiary/aromatic N) is 1. The molecule has 1 aromatic heterocycles. The summed E-state index contributed by atoms with van der Waals surface area (Å²) >= 11 is 1.17. The third kappa shape index (κ3) is 5.10. The van der Waals surface area contributed by atoms with Crippen molar-refractivity contribution >= 4 is 54.8 Å². The number of carbonyl (C=O) groups excluding carboxylic acids is 2. The van der Waals surface area contributed by atoms with E-state index in [1.165, 1.54) is 41.8 Å². The van der Waals surface area contributed by atoms with Gasteiger partial charge in [-0.1, -0.05) is 30.3 Å². The van der Waals surface area contributed by atoms with Gasteiger partial charge >= 0.3 is 0 Å². The Kier molecular flexibility index (Phi) is 6.15. The van der Waals surface area contributed by atoms with Crippen molar-refractivity contribution < 1.29 is 18.0 Å². The molecule has 0 atom stereocenters. The van der Waals surface area contributed by atoms with E-state index in [4.69, 9.17) is 0 Å². The van der Waals surface area contributed by atoms with Gasteiger partial charge in [0.1, 0.15) is 0 Å². The highest BCUT2D eigenvalue weighted by Gasteiger charge is 2.16. The molecule has 4 aromatic rings. The lowest BCUT2D eigenvalue weighted by atomic mass is 10.1. The molecule has 2 amide bonds. The molecule has 0 aliphatic carbocycles. The number of hydrogen-bond donors (Lipinski definition) is 3. The number of thiazole rings is 1. The second-order valence-corrected chi connectivity index (χ2v) is 9.34. The van der Waals surface area contributed by atoms with Crippen molar-refractivity contribution in [3.05, 3.63) is 83.9 Å². The molecule has 0 unspecified atom stereocenters. The van der Waals surface area contributed by atoms with Crippen molar-refractivity contribution in [3.8, 4) is 0 Å². The zero-order chi connectivity index (χ0) is 22.6. The minimum Gasteiger partial charge on any atom is -0.343 e. The molecule has 10 heteroatoms. The van der Waals surface area contributed by atoms with Gasteiger partial charge in [0.25, 0.3) is 15.9 Å². The first kappa shape index (κ1) is 21.5. The van der Waals surface area contributed by atoms with Crippen LogP contribution in [0.15, 0.2) is 83.2 Å². The predicted octanol–water partition coefficient (Wildman–Crippen LogP) is 3.47. The maximum absolute atomic E-state index is 12.4. The summed E-state index contributed by atoms with van der Waals surface area (Å²) in [7, 11) is -3.77. The summed E-state index contributed by atoms with van der Waals surface area (Å²) < 4.78 is 27.1. The second-order valence-electron chi connectivity index (χ2n) is 6.76. The third-order valence-electron chi connectivity index (χ3n) is 4.52. The Morgan fingerprint density at radius 2 is 1.69 bits per heavy atom. The number of sulfonamides is 1. The van der Waals surface area contributed by atoms with Crippen LogP contribution < -0.4 is 15.4 Å². The molecule has 3 N–H and O–H groups in total. The molecule has 32 heavy (non-hydrogen) atoms. The number of nitrogens with one attached hydrogen (secondary N) is 3. The maximum Gasteiger partial charge on any atom is 0.263 e. The fraction of sp³-hybridized carbons (Fsp3) is 0.0455. The highest BCUT2D eigenvalue weighted by atomic mass is 32.2. The van der Waals surface area contributed by atoms with E-state index in [0.717, 1.165) is 10.8 Å². The number of rotatable bonds is 7. The Bertz CT molecular complexity index is 1370. The molecule has 0 bridgehead atoms. The molecule has 0 aliphatic rings. The van der Waals surface area contributed by atoms with E-state index < -0.39 is 15.9 Å². The molecular formula is C22H18N4O4S2. The predicted molar refractivity (Wildman–Crippen MR) is 124 cm³/mol. The maximum atomic E-state index is 12.4. The van der Waals surface area contributed by atoms with Gasteiger partial charge in [0.15, 0.2) is 5.13 Å². The first-order valence-electron chi connectivity index (χ1n) is 9.50. The molecule has 0 saturated carbocycles. The van der Waals surface area contributed by atoms with Crippen molar-refractivity contribution in [1.29, 1.82) is 0 Å². The standard InChI is InChI=1S/C22H18N4O4S2/c27-20(14-24-21(28)17-6-5-15-3-1-2-4-16(15)13-17)25-18-7-9-19(10-8-18)32(29,30)26-22-23-11-12-31-22/h1-13H,14H2,(H,23,26)(H,24,28)(H,25,27). The normalized spacial score (nSPS) is 11.1. The van der Waals surface area contributed by atoms with Crippen LogP contribution in [0.25, 0.3) is 10.8 Å². The summed E-state index contributed by atoms with van der Waals surface area (Å²) in [4.78, 5) is 28.5. The first-order valence-corrected chi connectivity index (χ1v) is 11.9. The molecule has 162 valence electrons. The molecule has 8 nitrogen and oxygen atoms in total. The van der Waals surface area contributed by atoms with Gasteiger partial charge in [0.2, 0.25) is 5.91 Å². The molecule has 0 aliphatic heterocycles. The lowest BCUT2D eigenvalue weighted by Crippen LogP contribution is -2.32. The molecule has 0 fully saturated rings. The average Bonchev–Trinajstić information content (AvgIpc) is 3.30. The molecule has 3 aromatic carbocycles. The molecule has 4 rings (SSSR count). The zero-order valence-corrected chi connectivity index (χ0v) is 18.2. The molecule has 1 heterocycles. The van der Waals surface area contributed by atoms with Gasteiger partial charge in [-0.2, -0.15) is 0 Å². The summed E-state index contributed by atoms with van der Waals surface area (Å²) in [5.74, 6) is -0.795. The Hall–Kier alpha value is -3.76. The third-order valence-corrected chi connectivity index (χ3v) is 6.70. The largest absolute Gasteiger partial charge is 0.343 e. The van der Waals surface area contributed by atoms with E-state index in [2.05, 4.69) is 20.3 Å². The molecule has 0 spiro atoms. The van der Waals surface area contributed by atoms with E-state index in [9.17, 15) is 18.0 Å². The Morgan fingerprint density at radius 1 is 0.938 bits per heavy atom. The Morgan fingerprint density at radius 3 is 2.41 bits per heavy atom. The van der Waals surface area contributed by atoms with Gasteiger partial charge in [-0.05, 0) is 47.2 Å². The highest BCUT2D eigenvalue weighted by Crippen LogP contribution is 2.19. The van der Waals surface area contributed by atoms with Gasteiger partial charge in [0.05, 0.1) is 11.4 Å². The minimum absolute atomic E-state index is 0.0373. The molecule has 0 saturated heterocycles. The van der Waals surface area contributed by atoms with E-state index in [0.29, 0.717) is 11.3 Å². The summed E-state index contributed by atoms with van der Waals surface area (Å²) in [6, 6.07) is 18.7. The summed E-state index contributed by atoms with van der Waals surface area (Å²) in [5, 5.41) is 9.09. The monoisotopic (exact) mass is 466 g/mol. The number of fused-ring (bicyclic) bond motifs is 1. The molecule has 0 radical (unpaired) electrons. The van der Waals surface area contributed by atoms with E-state index in [1.807, 2.05) is 30.3 Å². The highest BCUT2D eigenvalue weighted by molar-refractivity contribution is 7.93. The van der Waals surface area contributed by atoms with Crippen molar-refractivity contribution in [1.82, 2.24) is 10.3 Å². The van der Waals surface area contributed by atoms with Crippen LogP contribution in [0.3, 0.4) is 0 Å². The van der Waals surface area contributed by atoms with Crippen LogP contribution in [-0.2, 0) is 14.8 Å². The number of benzene rings is 3. The zero-order valence-electron chi connectivity index (χ0n) is 16.6. The average molecular weight is 467 g/mol. The van der Waals surface area contributed by atoms with E-state index >= 15 is 0 Å². The SMILES string of the molecule is O=C(CNC(=O)c1ccc2ccccc2c1)Nc1ccc(S(=O)(=O)Nc2nccs2)cc1. The van der Waals surface area contributed by atoms with Crippen molar-refractivity contribution in [2.45, 2.75) is 4.90 Å². The summed E-state index contributed by atoms with van der Waals surface area (Å²) in [6.45, 7) is -0.225. The van der Waals surface area contributed by atoms with Crippen molar-refractivity contribution in [2.75, 3.05) is 16.6 Å². The lowest BCUT2D eigenvalue weighted by Gasteiger charge is -2.09. The number of carbonyl (C=O) groups is 2. The van der Waals surface area contributed by atoms with E-state index in [-0.39, 0.29) is 22.5 Å². The smallest absolute Gasteiger partial charge is 0.263 e. The van der Waals surface area contributed by atoms with Gasteiger partial charge in [-0.3, -0.25) is 14.3 Å². The summed E-state index contributed by atoms with van der Waals surface area (Å²) in [6.07, 6.45) is 1.50. The first-order chi connectivity index (χ1) is 15.4. The number of anilines is 2. The Balaban J connectivity index is 1.33. The van der Waals surface area contributed by atoms with E-state index in [1.54, 1.807) is 17.5 Å². The minimum atomic E-state index is -3.77. The van der Waals surface area contributed by atoms with Crippen LogP contribution in [-0.4, -0.2) is 31.8 Å². The quantitative estimate of drug-likeness (QED) is 0.386. The van der Waals surface area contributed by atoms with Gasteiger partial charge in [-0.15, -0.1) is 11.3 Å². The van der Waals surface area contributed by atoms with Crippen molar-refractivity contribution in [2.24, 2.45) is 0 Å². The number of amides is 2. The Labute approximate surface area is 188 Å². The van der Waals surface area contributed by atoms with Crippen molar-refractivity contribution in [3.63, 3.8) is 0 Å². The summed E-state index contributed by atoms with van der Waals surface area (Å²) in [5.41, 5.74) is 0.863. The van der Waals surface area contributed by atoms with Gasteiger partial charge in [0, 0.05) is 22.8 Å². The fourth-order valence-electron chi connectivity index (χ4n) is 2.96. The molecular weight excluding hydrogens is 448 g/mol. The van der Waals surface area contributed by atoms with Crippen LogP contribution in [0.1, 0.15) is 10.4 Å². The topological polar surface area (TPSA) is 117 Å². The van der Waals surface area contributed by atoms with Crippen LogP contribution in [0.2, 0.25) is 0 Å². The van der Waals surface area contributed by atoms with Crippen LogP contribution in [0, 0.1) is 0 Å². The number of aromatic nitrogens is 1. The lowest BCUT2D eigenvalue weighted by molar-refractivity contribution is -0.115. The van der Waals surface area contributed by atoms with Crippen LogP contribution >= 0.6 is 11.3 Å². The van der Waals surface area contributed by atoms with Gasteiger partial charge < -0.3 is 10.6 Å². The van der Waals surface area contributed by atoms with Gasteiger partial charge in [-0.25, -0.2) is 13.4 Å². The van der Waals surface area contributed by atoms with Crippen LogP contribution in [0.5, 0.6) is 0 Å². The number of hydrogen-bond acceptors (Lipinski definition) is 6. The second kappa shape index (κ2) is 9.16.